The van der Waals surface area contributed by atoms with Crippen LogP contribution in [0.4, 0.5) is 0 Å². The summed E-state index contributed by atoms with van der Waals surface area (Å²) < 4.78 is 3.03. The molecule has 0 heterocycles. The fourth-order valence-electron chi connectivity index (χ4n) is 1.58. The summed E-state index contributed by atoms with van der Waals surface area (Å²) in [5, 5.41) is 0. The minimum atomic E-state index is 0.218. The zero-order valence-electron chi connectivity index (χ0n) is 14.5. The van der Waals surface area contributed by atoms with E-state index in [1.807, 2.05) is 13.8 Å². The van der Waals surface area contributed by atoms with E-state index in [0.29, 0.717) is 37.5 Å². The Morgan fingerprint density at radius 1 is 0.762 bits per heavy atom. The zero-order valence-corrected chi connectivity index (χ0v) is 17.4. The summed E-state index contributed by atoms with van der Waals surface area (Å²) in [7, 11) is 0. The molecule has 2 N–H and O–H groups in total. The van der Waals surface area contributed by atoms with Crippen molar-refractivity contribution < 1.29 is 9.59 Å². The van der Waals surface area contributed by atoms with Gasteiger partial charge in [0.15, 0.2) is 0 Å². The van der Waals surface area contributed by atoms with Gasteiger partial charge in [-0.15, -0.1) is 0 Å². The molecule has 0 amide bonds. The summed E-state index contributed by atoms with van der Waals surface area (Å²) >= 11 is 0.218. The molecule has 0 atom stereocenters. The second kappa shape index (κ2) is 15.9. The molecule has 120 valence electrons. The van der Waals surface area contributed by atoms with E-state index in [4.69, 9.17) is 9.59 Å². The molecule has 21 heavy (non-hydrogen) atoms. The molecular formula is C16H32N2O2Sn+2. The molecule has 0 aromatic rings. The van der Waals surface area contributed by atoms with Gasteiger partial charge in [-0.1, -0.05) is 0 Å². The molecule has 0 saturated carbocycles. The Kier molecular flexibility index (Phi) is 17.2. The third-order valence-electron chi connectivity index (χ3n) is 2.39. The molecule has 0 spiro atoms. The van der Waals surface area contributed by atoms with E-state index in [0.717, 1.165) is 11.4 Å². The monoisotopic (exact) mass is 404 g/mol. The van der Waals surface area contributed by atoms with Gasteiger partial charge >= 0.3 is 43.9 Å². The standard InChI is InChI=1S/C12H20N2O2.2C2H5.Sn/c1-9(7-11(3)15)13-5-6-14-10(2)8-12(4)16;2*1-2;/h5-8H2,1-4H3;2*1H2,2H3;/p+2. The van der Waals surface area contributed by atoms with Crippen molar-refractivity contribution >= 4 is 44.1 Å². The third-order valence-corrected chi connectivity index (χ3v) is 5.24. The van der Waals surface area contributed by atoms with Crippen LogP contribution in [0.25, 0.3) is 0 Å². The van der Waals surface area contributed by atoms with Gasteiger partial charge in [-0.05, 0) is 13.8 Å². The van der Waals surface area contributed by atoms with Crippen LogP contribution in [0.15, 0.2) is 9.98 Å². The van der Waals surface area contributed by atoms with Crippen LogP contribution in [0.2, 0.25) is 8.87 Å². The molecular weight excluding hydrogens is 371 g/mol. The van der Waals surface area contributed by atoms with Gasteiger partial charge in [-0.25, -0.2) is 0 Å². The van der Waals surface area contributed by atoms with Crippen LogP contribution in [-0.2, 0) is 0 Å². The van der Waals surface area contributed by atoms with E-state index in [1.54, 1.807) is 13.8 Å². The SMILES string of the molecule is CC(=[OH+])CC(C)=NCCN=C(C)CC(C)=[OH+].C[CH2][Sn][CH2]C. The topological polar surface area (TPSA) is 67.5 Å². The maximum atomic E-state index is 9.04. The van der Waals surface area contributed by atoms with Gasteiger partial charge < -0.3 is 0 Å². The molecule has 0 aromatic heterocycles. The van der Waals surface area contributed by atoms with Crippen molar-refractivity contribution in [2.45, 2.75) is 63.3 Å². The average molecular weight is 403 g/mol. The molecule has 0 fully saturated rings. The number of aliphatic imine (C=N–C) groups is 2. The number of ketones is 2. The molecule has 4 nitrogen and oxygen atoms in total. The van der Waals surface area contributed by atoms with Crippen LogP contribution in [0.1, 0.15) is 54.4 Å². The molecule has 0 aromatic carbocycles. The molecule has 0 aliphatic carbocycles. The van der Waals surface area contributed by atoms with Crippen molar-refractivity contribution in [3.63, 3.8) is 0 Å². The van der Waals surface area contributed by atoms with Crippen LogP contribution in [-0.4, -0.2) is 66.8 Å². The van der Waals surface area contributed by atoms with Gasteiger partial charge in [0.2, 0.25) is 0 Å². The summed E-state index contributed by atoms with van der Waals surface area (Å²) in [5.41, 5.74) is 1.83. The predicted octanol–water partition coefficient (Wildman–Crippen LogP) is 3.39. The number of nitrogens with zero attached hydrogens (tertiary/aromatic N) is 2. The van der Waals surface area contributed by atoms with E-state index < -0.39 is 0 Å². The summed E-state index contributed by atoms with van der Waals surface area (Å²) in [5.74, 6) is 0.762. The van der Waals surface area contributed by atoms with E-state index in [2.05, 4.69) is 23.8 Å². The van der Waals surface area contributed by atoms with Crippen molar-refractivity contribution in [3.05, 3.63) is 0 Å². The van der Waals surface area contributed by atoms with Crippen LogP contribution in [0.3, 0.4) is 0 Å². The Morgan fingerprint density at radius 3 is 1.29 bits per heavy atom. The van der Waals surface area contributed by atoms with Crippen LogP contribution in [0, 0.1) is 0 Å². The van der Waals surface area contributed by atoms with Crippen molar-refractivity contribution in [1.29, 1.82) is 0 Å². The predicted molar refractivity (Wildman–Crippen MR) is 97.1 cm³/mol. The second-order valence-electron chi connectivity index (χ2n) is 5.02. The first-order chi connectivity index (χ1) is 9.83. The van der Waals surface area contributed by atoms with Crippen molar-refractivity contribution in [3.8, 4) is 0 Å². The molecule has 2 radical (unpaired) electrons. The fraction of sp³-hybridized carbons (Fsp3) is 0.750. The van der Waals surface area contributed by atoms with Crippen molar-refractivity contribution in [2.24, 2.45) is 9.98 Å². The number of hydrogen-bond donors (Lipinski definition) is 0. The number of rotatable bonds is 9. The summed E-state index contributed by atoms with van der Waals surface area (Å²) in [4.78, 5) is 26.6. The van der Waals surface area contributed by atoms with E-state index in [9.17, 15) is 0 Å². The van der Waals surface area contributed by atoms with Gasteiger partial charge in [-0.2, -0.15) is 0 Å². The Morgan fingerprint density at radius 2 is 1.10 bits per heavy atom. The quantitative estimate of drug-likeness (QED) is 0.245. The Bertz CT molecular complexity index is 329. The average Bonchev–Trinajstić information content (AvgIpc) is 2.34. The summed E-state index contributed by atoms with van der Waals surface area (Å²) in [6.07, 6.45) is 1.07. The van der Waals surface area contributed by atoms with Crippen LogP contribution < -0.4 is 0 Å². The van der Waals surface area contributed by atoms with Gasteiger partial charge in [0.25, 0.3) is 11.6 Å². The summed E-state index contributed by atoms with van der Waals surface area (Å²) in [6, 6.07) is 0. The van der Waals surface area contributed by atoms with Crippen LogP contribution >= 0.6 is 0 Å². The van der Waals surface area contributed by atoms with Crippen LogP contribution in [0.5, 0.6) is 0 Å². The van der Waals surface area contributed by atoms with Crippen molar-refractivity contribution in [1.82, 2.24) is 0 Å². The Hall–Kier alpha value is -0.521. The minimum absolute atomic E-state index is 0.218. The van der Waals surface area contributed by atoms with Gasteiger partial charge in [0.05, 0.1) is 25.9 Å². The molecule has 0 bridgehead atoms. The molecule has 0 aliphatic heterocycles. The Balaban J connectivity index is 0. The summed E-state index contributed by atoms with van der Waals surface area (Å²) in [6.45, 7) is 12.9. The van der Waals surface area contributed by atoms with Gasteiger partial charge in [0.1, 0.15) is 0 Å². The molecule has 0 saturated heterocycles. The molecule has 0 aliphatic rings. The molecule has 0 unspecified atom stereocenters. The van der Waals surface area contributed by atoms with Gasteiger partial charge in [0, 0.05) is 25.3 Å². The number of hydrogen-bond acceptors (Lipinski definition) is 2. The first kappa shape index (κ1) is 22.8. The zero-order chi connectivity index (χ0) is 16.7. The first-order valence-corrected chi connectivity index (χ1v) is 11.6. The first-order valence-electron chi connectivity index (χ1n) is 7.56. The maximum absolute atomic E-state index is 9.04. The van der Waals surface area contributed by atoms with Crippen molar-refractivity contribution in [2.75, 3.05) is 13.1 Å². The molecule has 5 heteroatoms. The van der Waals surface area contributed by atoms with E-state index >= 15 is 0 Å². The fourth-order valence-corrected chi connectivity index (χ4v) is 3.01. The second-order valence-corrected chi connectivity index (χ2v) is 10.5. The third kappa shape index (κ3) is 21.9. The number of carbonyl (C=O) groups excluding carboxylic acids is 2. The van der Waals surface area contributed by atoms with Gasteiger partial charge in [-0.3, -0.25) is 19.6 Å². The van der Waals surface area contributed by atoms with E-state index in [1.165, 1.54) is 8.87 Å². The van der Waals surface area contributed by atoms with E-state index in [-0.39, 0.29) is 21.1 Å². The normalized spacial score (nSPS) is 11.7. The Labute approximate surface area is 140 Å². The molecule has 0 rings (SSSR count).